The lowest BCUT2D eigenvalue weighted by Gasteiger charge is -2.40. The molecule has 17 nitrogen and oxygen atoms in total. The summed E-state index contributed by atoms with van der Waals surface area (Å²) < 4.78 is 62.8. The Morgan fingerprint density at radius 3 is 2.00 bits per heavy atom. The van der Waals surface area contributed by atoms with Gasteiger partial charge < -0.3 is 41.2 Å². The van der Waals surface area contributed by atoms with E-state index in [1.165, 1.54) is 11.1 Å². The van der Waals surface area contributed by atoms with Gasteiger partial charge in [0.25, 0.3) is 11.8 Å². The van der Waals surface area contributed by atoms with E-state index in [0.717, 1.165) is 45.7 Å². The zero-order valence-corrected chi connectivity index (χ0v) is 33.7. The first-order valence-electron chi connectivity index (χ1n) is 18.7. The molecule has 0 saturated heterocycles. The highest BCUT2D eigenvalue weighted by atomic mass is 19.4. The summed E-state index contributed by atoms with van der Waals surface area (Å²) in [4.78, 5) is 92.5. The monoisotopic (exact) mass is 879 g/mol. The van der Waals surface area contributed by atoms with Crippen LogP contribution in [0.5, 0.6) is 0 Å². The Hall–Kier alpha value is -6.55. The van der Waals surface area contributed by atoms with Crippen molar-refractivity contribution in [1.29, 1.82) is 0 Å². The van der Waals surface area contributed by atoms with Crippen molar-refractivity contribution in [3.8, 4) is 11.3 Å². The van der Waals surface area contributed by atoms with Crippen molar-refractivity contribution in [2.45, 2.75) is 70.9 Å². The van der Waals surface area contributed by atoms with Crippen LogP contribution in [0.2, 0.25) is 0 Å². The molecule has 3 aromatic rings. The van der Waals surface area contributed by atoms with Gasteiger partial charge in [0.2, 0.25) is 17.7 Å². The number of imide groups is 1. The number of carbonyl (C=O) groups excluding carboxylic acids is 5. The number of aliphatic carboxylic acids is 2. The first-order chi connectivity index (χ1) is 28.9. The Bertz CT molecular complexity index is 2140. The Morgan fingerprint density at radius 1 is 0.887 bits per heavy atom. The molecule has 4 rings (SSSR count). The van der Waals surface area contributed by atoms with Crippen LogP contribution in [0, 0.1) is 17.0 Å². The number of aromatic nitrogens is 2. The predicted molar refractivity (Wildman–Crippen MR) is 208 cm³/mol. The number of carboxylic acid groups (broad SMARTS) is 2. The number of nitrogens with two attached hydrogens (primary N) is 2. The molecule has 0 radical (unpaired) electrons. The minimum atomic E-state index is -5.08. The van der Waals surface area contributed by atoms with Crippen LogP contribution in [-0.4, -0.2) is 126 Å². The summed E-state index contributed by atoms with van der Waals surface area (Å²) in [5, 5.41) is 27.3. The number of hydrogen-bond donors (Lipinski definition) is 5. The van der Waals surface area contributed by atoms with Gasteiger partial charge in [0.15, 0.2) is 0 Å². The van der Waals surface area contributed by atoms with E-state index in [1.807, 2.05) is 30.3 Å². The van der Waals surface area contributed by atoms with E-state index in [1.54, 1.807) is 25.3 Å². The number of rotatable bonds is 18. The minimum Gasteiger partial charge on any atom is -0.480 e. The lowest BCUT2D eigenvalue weighted by Crippen LogP contribution is -2.55. The minimum absolute atomic E-state index is 0.0805. The van der Waals surface area contributed by atoms with Crippen molar-refractivity contribution in [2.75, 3.05) is 26.2 Å². The number of nitrogens with zero attached hydrogens (tertiary/aromatic N) is 5. The molecule has 336 valence electrons. The number of amides is 5. The molecule has 0 spiro atoms. The predicted octanol–water partition coefficient (Wildman–Crippen LogP) is 2.61. The van der Waals surface area contributed by atoms with Crippen molar-refractivity contribution in [3.05, 3.63) is 89.9 Å². The van der Waals surface area contributed by atoms with E-state index in [9.17, 15) is 56.5 Å². The summed E-state index contributed by atoms with van der Waals surface area (Å²) >= 11 is 0. The molecular weight excluding hydrogens is 833 g/mol. The van der Waals surface area contributed by atoms with E-state index in [0.29, 0.717) is 0 Å². The van der Waals surface area contributed by atoms with Crippen LogP contribution in [0.15, 0.2) is 66.9 Å². The van der Waals surface area contributed by atoms with Crippen molar-refractivity contribution in [2.24, 2.45) is 16.9 Å². The number of halogens is 5. The standard InChI is InChI=1S/C38H45F2N7O8.C2HF3O2/c1-38(2,3)34(35-43-28(25-19-24(39)9-10-26(25)40)21-44(35)20-23-7-5-4-6-8-23)47(33(52)22-48)16-15-27(41)36(53)45(29(37(54)55)11-12-30(42)49)17-18-46-31(50)13-14-32(46)51;3-2(4,5)1(6)7/h4-10,13-14,19,21,27,29,34,48H,11-12,15-18,20,22,41H2,1-3H3,(H2,42,49)(H,54,55);(H,6,7)/t27-,29-,34-;/m0./s1. The average molecular weight is 880 g/mol. The summed E-state index contributed by atoms with van der Waals surface area (Å²) in [5.41, 5.74) is 11.6. The van der Waals surface area contributed by atoms with Gasteiger partial charge >= 0.3 is 18.1 Å². The molecule has 0 bridgehead atoms. The second-order valence-electron chi connectivity index (χ2n) is 15.0. The zero-order chi connectivity index (χ0) is 46.7. The fourth-order valence-corrected chi connectivity index (χ4v) is 6.45. The van der Waals surface area contributed by atoms with Gasteiger partial charge in [-0.2, -0.15) is 13.2 Å². The molecule has 3 atom stereocenters. The lowest BCUT2D eigenvalue weighted by molar-refractivity contribution is -0.192. The summed E-state index contributed by atoms with van der Waals surface area (Å²) in [6.45, 7) is 3.59. The first-order valence-corrected chi connectivity index (χ1v) is 18.7. The molecule has 1 aliphatic rings. The Balaban J connectivity index is 0.00000134. The molecule has 0 fully saturated rings. The molecule has 0 unspecified atom stereocenters. The van der Waals surface area contributed by atoms with Crippen LogP contribution in [0.4, 0.5) is 22.0 Å². The summed E-state index contributed by atoms with van der Waals surface area (Å²) in [6.07, 6.45) is -2.54. The lowest BCUT2D eigenvalue weighted by atomic mass is 9.84. The molecule has 0 aliphatic carbocycles. The number of benzene rings is 2. The highest BCUT2D eigenvalue weighted by Crippen LogP contribution is 2.39. The van der Waals surface area contributed by atoms with Gasteiger partial charge in [-0.15, -0.1) is 0 Å². The molecule has 1 aliphatic heterocycles. The summed E-state index contributed by atoms with van der Waals surface area (Å²) in [5.74, 6) is -9.24. The molecule has 1 aromatic heterocycles. The molecule has 5 amide bonds. The Kier molecular flexibility index (Phi) is 17.1. The molecule has 7 N–H and O–H groups in total. The van der Waals surface area contributed by atoms with E-state index in [4.69, 9.17) is 26.4 Å². The number of hydrogen-bond acceptors (Lipinski definition) is 10. The Labute approximate surface area is 351 Å². The largest absolute Gasteiger partial charge is 0.490 e. The van der Waals surface area contributed by atoms with Gasteiger partial charge in [0, 0.05) is 56.5 Å². The number of carbonyl (C=O) groups is 7. The topological polar surface area (TPSA) is 260 Å². The number of primary amides is 1. The van der Waals surface area contributed by atoms with E-state index < -0.39 is 102 Å². The van der Waals surface area contributed by atoms with Crippen LogP contribution < -0.4 is 11.5 Å². The molecule has 2 aromatic carbocycles. The number of carboxylic acids is 2. The van der Waals surface area contributed by atoms with Crippen molar-refractivity contribution < 1.29 is 70.8 Å². The van der Waals surface area contributed by atoms with E-state index in [-0.39, 0.29) is 49.6 Å². The van der Waals surface area contributed by atoms with Gasteiger partial charge in [-0.1, -0.05) is 51.1 Å². The quantitative estimate of drug-likeness (QED) is 0.0913. The smallest absolute Gasteiger partial charge is 0.480 e. The van der Waals surface area contributed by atoms with Crippen molar-refractivity contribution in [1.82, 2.24) is 24.3 Å². The molecule has 22 heteroatoms. The van der Waals surface area contributed by atoms with Gasteiger partial charge in [-0.25, -0.2) is 23.4 Å². The summed E-state index contributed by atoms with van der Waals surface area (Å²) in [7, 11) is 0. The van der Waals surface area contributed by atoms with Crippen LogP contribution in [0.1, 0.15) is 57.5 Å². The highest BCUT2D eigenvalue weighted by Gasteiger charge is 2.40. The number of imidazole rings is 1. The SMILES string of the molecule is CC(C)(C)[C@H](c1nc(-c2cc(F)ccc2F)cn1Cc1ccccc1)N(CC[C@H](N)C(=O)N(CCN1C(=O)C=CC1=O)[C@@H](CCC(N)=O)C(=O)O)C(=O)CO.O=C(O)C(F)(F)F. The second kappa shape index (κ2) is 21.3. The maximum atomic E-state index is 15.1. The average Bonchev–Trinajstić information content (AvgIpc) is 3.74. The fraction of sp³-hybridized carbons (Fsp3) is 0.400. The third-order valence-electron chi connectivity index (χ3n) is 9.35. The van der Waals surface area contributed by atoms with Crippen LogP contribution in [0.25, 0.3) is 11.3 Å². The van der Waals surface area contributed by atoms with Crippen LogP contribution in [-0.2, 0) is 40.1 Å². The van der Waals surface area contributed by atoms with Gasteiger partial charge in [0.1, 0.15) is 30.1 Å². The van der Waals surface area contributed by atoms with Gasteiger partial charge in [-0.3, -0.25) is 28.9 Å². The zero-order valence-electron chi connectivity index (χ0n) is 33.7. The third kappa shape index (κ3) is 13.5. The molecule has 2 heterocycles. The molecule has 62 heavy (non-hydrogen) atoms. The normalized spacial score (nSPS) is 14.1. The van der Waals surface area contributed by atoms with Crippen molar-refractivity contribution in [3.63, 3.8) is 0 Å². The van der Waals surface area contributed by atoms with Crippen LogP contribution >= 0.6 is 0 Å². The number of alkyl halides is 3. The molecular formula is C40H46F5N7O10. The summed E-state index contributed by atoms with van der Waals surface area (Å²) in [6, 6.07) is 8.11. The third-order valence-corrected chi connectivity index (χ3v) is 9.35. The first kappa shape index (κ1) is 49.8. The fourth-order valence-electron chi connectivity index (χ4n) is 6.45. The maximum absolute atomic E-state index is 15.1. The van der Waals surface area contributed by atoms with Crippen LogP contribution in [0.3, 0.4) is 0 Å². The highest BCUT2D eigenvalue weighted by molar-refractivity contribution is 6.12. The van der Waals surface area contributed by atoms with E-state index in [2.05, 4.69) is 0 Å². The Morgan fingerprint density at radius 2 is 1.48 bits per heavy atom. The number of aliphatic hydroxyl groups excluding tert-OH is 1. The molecule has 0 saturated carbocycles. The van der Waals surface area contributed by atoms with Gasteiger partial charge in [0.05, 0.1) is 17.8 Å². The van der Waals surface area contributed by atoms with Gasteiger partial charge in [-0.05, 0) is 42.0 Å². The van der Waals surface area contributed by atoms with E-state index >= 15 is 4.39 Å². The van der Waals surface area contributed by atoms with Crippen molar-refractivity contribution >= 4 is 41.5 Å². The second-order valence-corrected chi connectivity index (χ2v) is 15.0. The maximum Gasteiger partial charge on any atom is 0.490 e. The number of aliphatic hydroxyl groups is 1.